The zero-order chi connectivity index (χ0) is 16.1. The summed E-state index contributed by atoms with van der Waals surface area (Å²) in [6, 6.07) is 0. The van der Waals surface area contributed by atoms with Crippen LogP contribution in [0.5, 0.6) is 0 Å². The Bertz CT molecular complexity index is 252. The fourth-order valence-electron chi connectivity index (χ4n) is 2.63. The molecule has 0 rings (SSSR count). The second-order valence-electron chi connectivity index (χ2n) is 6.82. The van der Waals surface area contributed by atoms with Gasteiger partial charge in [0.25, 0.3) is 0 Å². The molecule has 1 amide bonds. The van der Waals surface area contributed by atoms with Crippen LogP contribution in [0.4, 0.5) is 0 Å². The monoisotopic (exact) mass is 298 g/mol. The molecule has 0 aromatic rings. The van der Waals surface area contributed by atoms with E-state index in [1.54, 1.807) is 4.90 Å². The van der Waals surface area contributed by atoms with Crippen LogP contribution in [0.1, 0.15) is 85.0 Å². The van der Waals surface area contributed by atoms with Crippen LogP contribution in [-0.2, 0) is 4.79 Å². The summed E-state index contributed by atoms with van der Waals surface area (Å²) in [4.78, 5) is 13.5. The molecule has 0 spiro atoms. The number of hydrogen-bond donors (Lipinski definition) is 1. The van der Waals surface area contributed by atoms with E-state index in [-0.39, 0.29) is 11.4 Å². The highest BCUT2D eigenvalue weighted by Crippen LogP contribution is 2.22. The maximum absolute atomic E-state index is 11.8. The quantitative estimate of drug-likeness (QED) is 0.512. The zero-order valence-electron chi connectivity index (χ0n) is 15.1. The number of unbranched alkanes of at least 4 members (excludes halogenated alkanes) is 6. The van der Waals surface area contributed by atoms with Crippen LogP contribution in [0.2, 0.25) is 0 Å². The zero-order valence-corrected chi connectivity index (χ0v) is 15.1. The lowest BCUT2D eigenvalue weighted by atomic mass is 9.88. The first kappa shape index (κ1) is 20.4. The maximum Gasteiger partial charge on any atom is 0.236 e. The van der Waals surface area contributed by atoms with Gasteiger partial charge in [0.2, 0.25) is 5.91 Å². The number of hydrogen-bond acceptors (Lipinski definition) is 2. The Morgan fingerprint density at radius 2 is 1.38 bits per heavy atom. The predicted octanol–water partition coefficient (Wildman–Crippen LogP) is 4.36. The van der Waals surface area contributed by atoms with Gasteiger partial charge in [-0.3, -0.25) is 4.79 Å². The van der Waals surface area contributed by atoms with Crippen molar-refractivity contribution in [3.05, 3.63) is 0 Å². The fourth-order valence-corrected chi connectivity index (χ4v) is 2.63. The van der Waals surface area contributed by atoms with Gasteiger partial charge in [0, 0.05) is 19.6 Å². The summed E-state index contributed by atoms with van der Waals surface area (Å²) in [5.74, 6) is 0.170. The van der Waals surface area contributed by atoms with E-state index in [0.717, 1.165) is 0 Å². The van der Waals surface area contributed by atoms with Crippen LogP contribution < -0.4 is 5.32 Å². The number of nitrogens with one attached hydrogen (secondary N) is 1. The van der Waals surface area contributed by atoms with Crippen LogP contribution in [0, 0.1) is 0 Å². The molecule has 0 unspecified atom stereocenters. The van der Waals surface area contributed by atoms with Gasteiger partial charge in [-0.15, -0.1) is 0 Å². The molecule has 3 heteroatoms. The van der Waals surface area contributed by atoms with Crippen molar-refractivity contribution < 1.29 is 4.79 Å². The average molecular weight is 299 g/mol. The highest BCUT2D eigenvalue weighted by Gasteiger charge is 2.23. The van der Waals surface area contributed by atoms with Crippen molar-refractivity contribution in [2.45, 2.75) is 90.5 Å². The van der Waals surface area contributed by atoms with Gasteiger partial charge >= 0.3 is 0 Å². The van der Waals surface area contributed by atoms with E-state index < -0.39 is 0 Å². The molecule has 0 fully saturated rings. The molecule has 0 aliphatic rings. The maximum atomic E-state index is 11.8. The van der Waals surface area contributed by atoms with Gasteiger partial charge in [-0.1, -0.05) is 65.2 Å². The third kappa shape index (κ3) is 10.8. The number of amides is 1. The molecule has 3 nitrogen and oxygen atoms in total. The second kappa shape index (κ2) is 12.0. The van der Waals surface area contributed by atoms with E-state index in [0.29, 0.717) is 6.54 Å². The molecule has 0 heterocycles. The summed E-state index contributed by atoms with van der Waals surface area (Å²) in [6.45, 7) is 7.26. The van der Waals surface area contributed by atoms with Crippen molar-refractivity contribution in [2.75, 3.05) is 20.6 Å². The molecule has 0 atom stereocenters. The van der Waals surface area contributed by atoms with E-state index >= 15 is 0 Å². The van der Waals surface area contributed by atoms with Gasteiger partial charge in [-0.2, -0.15) is 0 Å². The topological polar surface area (TPSA) is 32.3 Å². The number of carbonyl (C=O) groups is 1. The summed E-state index contributed by atoms with van der Waals surface area (Å²) >= 11 is 0. The molecule has 0 bridgehead atoms. The van der Waals surface area contributed by atoms with Gasteiger partial charge in [0.05, 0.1) is 6.54 Å². The number of nitrogens with zero attached hydrogens (tertiary/aromatic N) is 1. The molecule has 0 saturated carbocycles. The van der Waals surface area contributed by atoms with Crippen LogP contribution in [0.15, 0.2) is 0 Å². The number of likely N-dealkylation sites (N-methyl/N-ethyl adjacent to an activating group) is 1. The van der Waals surface area contributed by atoms with E-state index in [1.807, 2.05) is 14.1 Å². The highest BCUT2D eigenvalue weighted by molar-refractivity contribution is 5.77. The van der Waals surface area contributed by atoms with E-state index in [9.17, 15) is 4.79 Å². The summed E-state index contributed by atoms with van der Waals surface area (Å²) in [5.41, 5.74) is 0.118. The minimum atomic E-state index is 0.118. The summed E-state index contributed by atoms with van der Waals surface area (Å²) in [7, 11) is 3.65. The van der Waals surface area contributed by atoms with Crippen molar-refractivity contribution in [1.29, 1.82) is 0 Å². The number of rotatable bonds is 13. The van der Waals surface area contributed by atoms with Gasteiger partial charge in [0.1, 0.15) is 0 Å². The van der Waals surface area contributed by atoms with Crippen LogP contribution in [0.3, 0.4) is 0 Å². The Balaban J connectivity index is 4.25. The summed E-state index contributed by atoms with van der Waals surface area (Å²) in [6.07, 6.45) is 12.7. The summed E-state index contributed by atoms with van der Waals surface area (Å²) in [5, 5.41) is 3.54. The van der Waals surface area contributed by atoms with Crippen LogP contribution in [-0.4, -0.2) is 37.0 Å². The van der Waals surface area contributed by atoms with E-state index in [1.165, 1.54) is 64.2 Å². The smallest absolute Gasteiger partial charge is 0.236 e. The van der Waals surface area contributed by atoms with Gasteiger partial charge in [-0.05, 0) is 19.8 Å². The average Bonchev–Trinajstić information content (AvgIpc) is 2.46. The lowest BCUT2D eigenvalue weighted by Gasteiger charge is -2.32. The van der Waals surface area contributed by atoms with Crippen molar-refractivity contribution in [3.63, 3.8) is 0 Å². The Labute approximate surface area is 132 Å². The normalized spacial score (nSPS) is 11.7. The lowest BCUT2D eigenvalue weighted by Crippen LogP contribution is -2.47. The molecule has 0 saturated heterocycles. The first-order chi connectivity index (χ1) is 9.95. The molecule has 0 aliphatic carbocycles. The second-order valence-corrected chi connectivity index (χ2v) is 6.82. The molecule has 21 heavy (non-hydrogen) atoms. The van der Waals surface area contributed by atoms with Gasteiger partial charge in [0.15, 0.2) is 0 Å². The van der Waals surface area contributed by atoms with Crippen LogP contribution in [0.25, 0.3) is 0 Å². The Morgan fingerprint density at radius 1 is 0.905 bits per heavy atom. The molecule has 1 N–H and O–H groups in total. The SMILES string of the molecule is CCCCCCC(C)(CCCCCC)NCC(=O)N(C)C. The van der Waals surface area contributed by atoms with Crippen molar-refractivity contribution in [3.8, 4) is 0 Å². The molecule has 126 valence electrons. The standard InChI is InChI=1S/C18H38N2O/c1-6-8-10-12-14-18(3,15-13-11-9-7-2)19-16-17(21)20(4)5/h19H,6-16H2,1-5H3. The lowest BCUT2D eigenvalue weighted by molar-refractivity contribution is -0.128. The van der Waals surface area contributed by atoms with E-state index in [4.69, 9.17) is 0 Å². The predicted molar refractivity (Wildman–Crippen MR) is 92.6 cm³/mol. The molecular weight excluding hydrogens is 260 g/mol. The van der Waals surface area contributed by atoms with Crippen molar-refractivity contribution in [1.82, 2.24) is 10.2 Å². The Kier molecular flexibility index (Phi) is 11.7. The third-order valence-electron chi connectivity index (χ3n) is 4.33. The minimum Gasteiger partial charge on any atom is -0.348 e. The van der Waals surface area contributed by atoms with Crippen LogP contribution >= 0.6 is 0 Å². The first-order valence-electron chi connectivity index (χ1n) is 8.90. The molecular formula is C18H38N2O. The first-order valence-corrected chi connectivity index (χ1v) is 8.90. The Hall–Kier alpha value is -0.570. The fraction of sp³-hybridized carbons (Fsp3) is 0.944. The van der Waals surface area contributed by atoms with Crippen molar-refractivity contribution >= 4 is 5.91 Å². The molecule has 0 aromatic heterocycles. The third-order valence-corrected chi connectivity index (χ3v) is 4.33. The van der Waals surface area contributed by atoms with Gasteiger partial charge in [-0.25, -0.2) is 0 Å². The largest absolute Gasteiger partial charge is 0.348 e. The summed E-state index contributed by atoms with van der Waals surface area (Å²) < 4.78 is 0. The van der Waals surface area contributed by atoms with Crippen molar-refractivity contribution in [2.24, 2.45) is 0 Å². The van der Waals surface area contributed by atoms with E-state index in [2.05, 4.69) is 26.1 Å². The minimum absolute atomic E-state index is 0.118. The molecule has 0 aliphatic heterocycles. The van der Waals surface area contributed by atoms with Gasteiger partial charge < -0.3 is 10.2 Å². The Morgan fingerprint density at radius 3 is 1.76 bits per heavy atom. The molecule has 0 aromatic carbocycles. The highest BCUT2D eigenvalue weighted by atomic mass is 16.2. The molecule has 0 radical (unpaired) electrons. The number of carbonyl (C=O) groups excluding carboxylic acids is 1.